The van der Waals surface area contributed by atoms with E-state index in [2.05, 4.69) is 13.8 Å². The van der Waals surface area contributed by atoms with E-state index in [1.54, 1.807) is 4.90 Å². The predicted octanol–water partition coefficient (Wildman–Crippen LogP) is 2.38. The predicted molar refractivity (Wildman–Crippen MR) is 74.6 cm³/mol. The van der Waals surface area contributed by atoms with Gasteiger partial charge in [-0.2, -0.15) is 0 Å². The average molecular weight is 262 g/mol. The third kappa shape index (κ3) is 3.47. The SMILES string of the molecule is CC(C)C1CC(N)CN1C(=O)OCc1ccccc1. The van der Waals surface area contributed by atoms with Crippen LogP contribution in [0.15, 0.2) is 30.3 Å². The van der Waals surface area contributed by atoms with E-state index >= 15 is 0 Å². The van der Waals surface area contributed by atoms with E-state index in [0.717, 1.165) is 12.0 Å². The van der Waals surface area contributed by atoms with Gasteiger partial charge in [0.1, 0.15) is 6.61 Å². The van der Waals surface area contributed by atoms with Crippen LogP contribution in [0.5, 0.6) is 0 Å². The molecule has 0 saturated carbocycles. The summed E-state index contributed by atoms with van der Waals surface area (Å²) < 4.78 is 5.37. The molecule has 1 aromatic carbocycles. The minimum absolute atomic E-state index is 0.0664. The van der Waals surface area contributed by atoms with Crippen LogP contribution in [0.1, 0.15) is 25.8 Å². The Hall–Kier alpha value is -1.55. The van der Waals surface area contributed by atoms with E-state index in [-0.39, 0.29) is 18.2 Å². The molecule has 4 heteroatoms. The van der Waals surface area contributed by atoms with Crippen LogP contribution in [0, 0.1) is 5.92 Å². The number of amides is 1. The van der Waals surface area contributed by atoms with Gasteiger partial charge in [-0.1, -0.05) is 44.2 Å². The quantitative estimate of drug-likeness (QED) is 0.910. The van der Waals surface area contributed by atoms with Crippen LogP contribution in [0.3, 0.4) is 0 Å². The molecule has 1 aliphatic rings. The maximum atomic E-state index is 12.1. The van der Waals surface area contributed by atoms with Crippen LogP contribution in [-0.4, -0.2) is 29.6 Å². The molecule has 1 heterocycles. The molecule has 0 bridgehead atoms. The van der Waals surface area contributed by atoms with Gasteiger partial charge in [-0.3, -0.25) is 0 Å². The summed E-state index contributed by atoms with van der Waals surface area (Å²) in [7, 11) is 0. The first-order valence-corrected chi connectivity index (χ1v) is 6.81. The minimum Gasteiger partial charge on any atom is -0.445 e. The third-order valence-corrected chi connectivity index (χ3v) is 3.58. The Kier molecular flexibility index (Phi) is 4.43. The molecule has 0 aliphatic carbocycles. The van der Waals surface area contributed by atoms with Crippen molar-refractivity contribution in [3.05, 3.63) is 35.9 Å². The number of rotatable bonds is 3. The molecule has 1 fully saturated rings. The number of carbonyl (C=O) groups excluding carboxylic acids is 1. The van der Waals surface area contributed by atoms with Gasteiger partial charge in [-0.25, -0.2) is 4.79 Å². The van der Waals surface area contributed by atoms with Gasteiger partial charge >= 0.3 is 6.09 Å². The zero-order valence-corrected chi connectivity index (χ0v) is 11.6. The number of nitrogens with zero attached hydrogens (tertiary/aromatic N) is 1. The number of nitrogens with two attached hydrogens (primary N) is 1. The first-order valence-electron chi connectivity index (χ1n) is 6.81. The number of hydrogen-bond donors (Lipinski definition) is 1. The van der Waals surface area contributed by atoms with Crippen molar-refractivity contribution in [3.8, 4) is 0 Å². The van der Waals surface area contributed by atoms with Crippen molar-refractivity contribution in [2.75, 3.05) is 6.54 Å². The topological polar surface area (TPSA) is 55.6 Å². The molecule has 0 radical (unpaired) electrons. The fourth-order valence-electron chi connectivity index (χ4n) is 2.54. The lowest BCUT2D eigenvalue weighted by Gasteiger charge is -2.26. The molecule has 4 nitrogen and oxygen atoms in total. The Morgan fingerprint density at radius 2 is 2.11 bits per heavy atom. The first kappa shape index (κ1) is 13.9. The Morgan fingerprint density at radius 3 is 2.74 bits per heavy atom. The van der Waals surface area contributed by atoms with Gasteiger partial charge in [0.2, 0.25) is 0 Å². The monoisotopic (exact) mass is 262 g/mol. The van der Waals surface area contributed by atoms with Crippen molar-refractivity contribution < 1.29 is 9.53 Å². The molecule has 2 unspecified atom stereocenters. The summed E-state index contributed by atoms with van der Waals surface area (Å²) >= 11 is 0. The second-order valence-corrected chi connectivity index (χ2v) is 5.50. The molecule has 1 aliphatic heterocycles. The number of benzene rings is 1. The highest BCUT2D eigenvalue weighted by Gasteiger charge is 2.36. The Labute approximate surface area is 114 Å². The smallest absolute Gasteiger partial charge is 0.410 e. The van der Waals surface area contributed by atoms with Crippen molar-refractivity contribution in [1.82, 2.24) is 4.90 Å². The van der Waals surface area contributed by atoms with Gasteiger partial charge in [-0.15, -0.1) is 0 Å². The van der Waals surface area contributed by atoms with Crippen molar-refractivity contribution in [3.63, 3.8) is 0 Å². The molecular formula is C15H22N2O2. The lowest BCUT2D eigenvalue weighted by molar-refractivity contribution is 0.0846. The average Bonchev–Trinajstić information content (AvgIpc) is 2.79. The van der Waals surface area contributed by atoms with E-state index in [0.29, 0.717) is 19.1 Å². The summed E-state index contributed by atoms with van der Waals surface area (Å²) in [6, 6.07) is 9.97. The zero-order chi connectivity index (χ0) is 13.8. The number of likely N-dealkylation sites (tertiary alicyclic amines) is 1. The van der Waals surface area contributed by atoms with Gasteiger partial charge < -0.3 is 15.4 Å². The zero-order valence-electron chi connectivity index (χ0n) is 11.6. The normalized spacial score (nSPS) is 22.8. The van der Waals surface area contributed by atoms with Crippen LogP contribution in [0.4, 0.5) is 4.79 Å². The molecular weight excluding hydrogens is 240 g/mol. The summed E-state index contributed by atoms with van der Waals surface area (Å²) in [4.78, 5) is 13.9. The third-order valence-electron chi connectivity index (χ3n) is 3.58. The first-order chi connectivity index (χ1) is 9.08. The number of hydrogen-bond acceptors (Lipinski definition) is 3. The second-order valence-electron chi connectivity index (χ2n) is 5.50. The summed E-state index contributed by atoms with van der Waals surface area (Å²) in [5.74, 6) is 0.401. The largest absolute Gasteiger partial charge is 0.445 e. The van der Waals surface area contributed by atoms with E-state index in [1.165, 1.54) is 0 Å². The molecule has 2 rings (SSSR count). The molecule has 19 heavy (non-hydrogen) atoms. The number of carbonyl (C=O) groups is 1. The number of ether oxygens (including phenoxy) is 1. The molecule has 1 amide bonds. The molecule has 2 N–H and O–H groups in total. The van der Waals surface area contributed by atoms with E-state index in [1.807, 2.05) is 30.3 Å². The van der Waals surface area contributed by atoms with Gasteiger partial charge in [0.05, 0.1) is 0 Å². The summed E-state index contributed by atoms with van der Waals surface area (Å²) in [5, 5.41) is 0. The van der Waals surface area contributed by atoms with Gasteiger partial charge in [-0.05, 0) is 17.9 Å². The van der Waals surface area contributed by atoms with E-state index in [9.17, 15) is 4.79 Å². The van der Waals surface area contributed by atoms with Crippen LogP contribution in [0.2, 0.25) is 0 Å². The summed E-state index contributed by atoms with van der Waals surface area (Å²) in [6.45, 7) is 5.13. The van der Waals surface area contributed by atoms with Crippen molar-refractivity contribution in [2.45, 2.75) is 39.0 Å². The van der Waals surface area contributed by atoms with E-state index < -0.39 is 0 Å². The molecule has 0 aromatic heterocycles. The molecule has 2 atom stereocenters. The summed E-state index contributed by atoms with van der Waals surface area (Å²) in [6.07, 6.45) is 0.605. The second kappa shape index (κ2) is 6.06. The van der Waals surface area contributed by atoms with Crippen LogP contribution >= 0.6 is 0 Å². The lowest BCUT2D eigenvalue weighted by Crippen LogP contribution is -2.39. The van der Waals surface area contributed by atoms with Gasteiger partial charge in [0.15, 0.2) is 0 Å². The minimum atomic E-state index is -0.254. The lowest BCUT2D eigenvalue weighted by atomic mass is 10.0. The van der Waals surface area contributed by atoms with Gasteiger partial charge in [0, 0.05) is 18.6 Å². The Balaban J connectivity index is 1.92. The molecule has 104 valence electrons. The summed E-state index contributed by atoms with van der Waals surface area (Å²) in [5.41, 5.74) is 6.95. The molecule has 1 saturated heterocycles. The fourth-order valence-corrected chi connectivity index (χ4v) is 2.54. The maximum Gasteiger partial charge on any atom is 0.410 e. The van der Waals surface area contributed by atoms with Crippen molar-refractivity contribution in [2.24, 2.45) is 11.7 Å². The van der Waals surface area contributed by atoms with Crippen LogP contribution in [0.25, 0.3) is 0 Å². The maximum absolute atomic E-state index is 12.1. The molecule has 0 spiro atoms. The van der Waals surface area contributed by atoms with Crippen LogP contribution in [-0.2, 0) is 11.3 Å². The fraction of sp³-hybridized carbons (Fsp3) is 0.533. The highest BCUT2D eigenvalue weighted by atomic mass is 16.6. The van der Waals surface area contributed by atoms with Gasteiger partial charge in [0.25, 0.3) is 0 Å². The standard InChI is InChI=1S/C15H22N2O2/c1-11(2)14-8-13(16)9-17(14)15(18)19-10-12-6-4-3-5-7-12/h3-7,11,13-14H,8-10,16H2,1-2H3. The van der Waals surface area contributed by atoms with Crippen molar-refractivity contribution in [1.29, 1.82) is 0 Å². The Morgan fingerprint density at radius 1 is 1.42 bits per heavy atom. The van der Waals surface area contributed by atoms with Crippen LogP contribution < -0.4 is 5.73 Å². The highest BCUT2D eigenvalue weighted by molar-refractivity contribution is 5.68. The molecule has 1 aromatic rings. The van der Waals surface area contributed by atoms with Crippen molar-refractivity contribution >= 4 is 6.09 Å². The van der Waals surface area contributed by atoms with E-state index in [4.69, 9.17) is 10.5 Å². The highest BCUT2D eigenvalue weighted by Crippen LogP contribution is 2.24. The Bertz CT molecular complexity index is 419.